The van der Waals surface area contributed by atoms with E-state index in [2.05, 4.69) is 4.72 Å². The second-order valence-corrected chi connectivity index (χ2v) is 7.59. The van der Waals surface area contributed by atoms with Gasteiger partial charge in [0.25, 0.3) is 10.0 Å². The van der Waals surface area contributed by atoms with Crippen LogP contribution in [-0.4, -0.2) is 42.0 Å². The Bertz CT molecular complexity index is 894. The van der Waals surface area contributed by atoms with Crippen molar-refractivity contribution in [2.24, 2.45) is 0 Å². The zero-order valence-electron chi connectivity index (χ0n) is 14.7. The topological polar surface area (TPSA) is 90.9 Å². The van der Waals surface area contributed by atoms with Crippen LogP contribution in [0.3, 0.4) is 0 Å². The van der Waals surface area contributed by atoms with Crippen LogP contribution in [0.15, 0.2) is 46.2 Å². The van der Waals surface area contributed by atoms with Crippen LogP contribution in [0.5, 0.6) is 11.5 Å². The third-order valence-electron chi connectivity index (χ3n) is 3.54. The summed E-state index contributed by atoms with van der Waals surface area (Å²) in [5, 5.41) is 0. The van der Waals surface area contributed by atoms with Gasteiger partial charge in [-0.15, -0.1) is 11.8 Å². The number of benzene rings is 2. The normalized spacial score (nSPS) is 10.9. The molecule has 0 radical (unpaired) electrons. The highest BCUT2D eigenvalue weighted by atomic mass is 32.2. The Morgan fingerprint density at radius 3 is 2.08 bits per heavy atom. The van der Waals surface area contributed by atoms with Gasteiger partial charge in [0.05, 0.1) is 37.5 Å². The van der Waals surface area contributed by atoms with Crippen molar-refractivity contribution in [1.82, 2.24) is 0 Å². The highest BCUT2D eigenvalue weighted by Gasteiger charge is 2.22. The zero-order valence-corrected chi connectivity index (χ0v) is 16.4. The summed E-state index contributed by atoms with van der Waals surface area (Å²) in [6.07, 6.45) is 1.90. The van der Waals surface area contributed by atoms with E-state index < -0.39 is 16.0 Å². The molecule has 0 amide bonds. The molecule has 0 atom stereocenters. The highest BCUT2D eigenvalue weighted by Crippen LogP contribution is 2.34. The van der Waals surface area contributed by atoms with Gasteiger partial charge in [-0.05, 0) is 30.5 Å². The average Bonchev–Trinajstić information content (AvgIpc) is 2.66. The first kappa shape index (κ1) is 19.9. The summed E-state index contributed by atoms with van der Waals surface area (Å²) >= 11 is 1.50. The van der Waals surface area contributed by atoms with Gasteiger partial charge in [0.2, 0.25) is 0 Å². The van der Waals surface area contributed by atoms with Gasteiger partial charge in [0.15, 0.2) is 11.5 Å². The Morgan fingerprint density at radius 2 is 1.58 bits per heavy atom. The molecule has 0 aromatic heterocycles. The fourth-order valence-corrected chi connectivity index (χ4v) is 3.68. The molecule has 0 fully saturated rings. The first-order valence-corrected chi connectivity index (χ1v) is 10.1. The molecule has 0 spiro atoms. The van der Waals surface area contributed by atoms with Gasteiger partial charge in [0.1, 0.15) is 0 Å². The number of hydrogen-bond acceptors (Lipinski definition) is 7. The fourth-order valence-electron chi connectivity index (χ4n) is 2.20. The molecule has 7 nitrogen and oxygen atoms in total. The first-order chi connectivity index (χ1) is 12.4. The maximum Gasteiger partial charge on any atom is 0.340 e. The van der Waals surface area contributed by atoms with Crippen molar-refractivity contribution in [3.63, 3.8) is 0 Å². The van der Waals surface area contributed by atoms with E-state index in [0.717, 1.165) is 4.90 Å². The molecule has 0 saturated heterocycles. The van der Waals surface area contributed by atoms with E-state index in [0.29, 0.717) is 0 Å². The molecule has 9 heteroatoms. The summed E-state index contributed by atoms with van der Waals surface area (Å²) in [6, 6.07) is 9.13. The molecule has 2 aromatic rings. The molecule has 0 heterocycles. The van der Waals surface area contributed by atoms with E-state index in [4.69, 9.17) is 14.2 Å². The Balaban J connectivity index is 2.50. The van der Waals surface area contributed by atoms with Crippen LogP contribution in [-0.2, 0) is 14.8 Å². The number of esters is 1. The van der Waals surface area contributed by atoms with Crippen molar-refractivity contribution in [1.29, 1.82) is 0 Å². The molecule has 140 valence electrons. The lowest BCUT2D eigenvalue weighted by Gasteiger charge is -2.15. The number of thioether (sulfide) groups is 1. The van der Waals surface area contributed by atoms with E-state index >= 15 is 0 Å². The third kappa shape index (κ3) is 4.23. The molecule has 2 aromatic carbocycles. The van der Waals surface area contributed by atoms with Gasteiger partial charge in [-0.25, -0.2) is 13.2 Å². The molecule has 2 rings (SSSR count). The number of sulfonamides is 1. The molecule has 0 unspecified atom stereocenters. The summed E-state index contributed by atoms with van der Waals surface area (Å²) in [5.41, 5.74) is 0.0397. The van der Waals surface area contributed by atoms with Crippen LogP contribution in [0.4, 0.5) is 5.69 Å². The van der Waals surface area contributed by atoms with E-state index in [1.54, 1.807) is 12.1 Å². The van der Waals surface area contributed by atoms with Crippen LogP contribution in [0.2, 0.25) is 0 Å². The van der Waals surface area contributed by atoms with Gasteiger partial charge in [-0.2, -0.15) is 0 Å². The Hall–Kier alpha value is -2.39. The van der Waals surface area contributed by atoms with Crippen LogP contribution in [0.25, 0.3) is 0 Å². The summed E-state index contributed by atoms with van der Waals surface area (Å²) < 4.78 is 42.8. The quantitative estimate of drug-likeness (QED) is 0.567. The van der Waals surface area contributed by atoms with Gasteiger partial charge >= 0.3 is 5.97 Å². The average molecular weight is 397 g/mol. The Morgan fingerprint density at radius 1 is 1.00 bits per heavy atom. The Kier molecular flexibility index (Phi) is 6.38. The summed E-state index contributed by atoms with van der Waals surface area (Å²) in [7, 11) is 0.121. The molecule has 0 saturated carbocycles. The predicted octanol–water partition coefficient (Wildman–Crippen LogP) is 3.01. The minimum atomic E-state index is -3.91. The zero-order chi connectivity index (χ0) is 19.3. The molecule has 0 bridgehead atoms. The molecule has 26 heavy (non-hydrogen) atoms. The van der Waals surface area contributed by atoms with Gasteiger partial charge in [-0.3, -0.25) is 4.72 Å². The highest BCUT2D eigenvalue weighted by molar-refractivity contribution is 7.98. The number of carbonyl (C=O) groups is 1. The van der Waals surface area contributed by atoms with Crippen molar-refractivity contribution in [2.45, 2.75) is 9.79 Å². The predicted molar refractivity (Wildman–Crippen MR) is 99.9 cm³/mol. The van der Waals surface area contributed by atoms with Gasteiger partial charge in [-0.1, -0.05) is 0 Å². The molecular weight excluding hydrogens is 378 g/mol. The number of methoxy groups -OCH3 is 3. The number of nitrogens with one attached hydrogen (secondary N) is 1. The number of hydrogen-bond donors (Lipinski definition) is 1. The smallest absolute Gasteiger partial charge is 0.340 e. The summed E-state index contributed by atoms with van der Waals surface area (Å²) in [5.74, 6) is -0.155. The summed E-state index contributed by atoms with van der Waals surface area (Å²) in [6.45, 7) is 0. The van der Waals surface area contributed by atoms with E-state index in [1.807, 2.05) is 6.26 Å². The van der Waals surface area contributed by atoms with Crippen molar-refractivity contribution >= 4 is 33.4 Å². The number of ether oxygens (including phenoxy) is 3. The lowest BCUT2D eigenvalue weighted by molar-refractivity contribution is 0.0601. The SMILES string of the molecule is COC(=O)c1cc(OC)c(OC)cc1NS(=O)(=O)c1ccc(SC)cc1. The largest absolute Gasteiger partial charge is 0.493 e. The van der Waals surface area contributed by atoms with E-state index in [1.165, 1.54) is 57.4 Å². The van der Waals surface area contributed by atoms with Crippen molar-refractivity contribution < 1.29 is 27.4 Å². The molecule has 0 aliphatic heterocycles. The van der Waals surface area contributed by atoms with Crippen LogP contribution >= 0.6 is 11.8 Å². The lowest BCUT2D eigenvalue weighted by Crippen LogP contribution is -2.16. The molecular formula is C17H19NO6S2. The van der Waals surface area contributed by atoms with Gasteiger partial charge < -0.3 is 14.2 Å². The minimum absolute atomic E-state index is 0.00876. The maximum atomic E-state index is 12.7. The van der Waals surface area contributed by atoms with E-state index in [-0.39, 0.29) is 27.6 Å². The third-order valence-corrected chi connectivity index (χ3v) is 5.67. The minimum Gasteiger partial charge on any atom is -0.493 e. The monoisotopic (exact) mass is 397 g/mol. The lowest BCUT2D eigenvalue weighted by atomic mass is 10.1. The standard InChI is InChI=1S/C17H19NO6S2/c1-22-15-9-13(17(19)24-3)14(10-16(15)23-2)18-26(20,21)12-7-5-11(25-4)6-8-12/h5-10,18H,1-4H3. The maximum absolute atomic E-state index is 12.7. The number of anilines is 1. The summed E-state index contributed by atoms with van der Waals surface area (Å²) in [4.78, 5) is 13.1. The second kappa shape index (κ2) is 8.33. The van der Waals surface area contributed by atoms with Crippen molar-refractivity contribution in [2.75, 3.05) is 32.3 Å². The van der Waals surface area contributed by atoms with Crippen molar-refractivity contribution in [3.05, 3.63) is 42.0 Å². The van der Waals surface area contributed by atoms with Crippen LogP contribution in [0, 0.1) is 0 Å². The molecule has 0 aliphatic rings. The number of carbonyl (C=O) groups excluding carboxylic acids is 1. The van der Waals surface area contributed by atoms with Crippen LogP contribution in [0.1, 0.15) is 10.4 Å². The Labute approximate surface area is 156 Å². The van der Waals surface area contributed by atoms with Crippen molar-refractivity contribution in [3.8, 4) is 11.5 Å². The second-order valence-electron chi connectivity index (χ2n) is 5.03. The van der Waals surface area contributed by atoms with Crippen LogP contribution < -0.4 is 14.2 Å². The van der Waals surface area contributed by atoms with E-state index in [9.17, 15) is 13.2 Å². The van der Waals surface area contributed by atoms with Gasteiger partial charge in [0, 0.05) is 17.0 Å². The fraction of sp³-hybridized carbons (Fsp3) is 0.235. The molecule has 1 N–H and O–H groups in total. The first-order valence-electron chi connectivity index (χ1n) is 7.37. The molecule has 0 aliphatic carbocycles. The number of rotatable bonds is 7.